The third kappa shape index (κ3) is 4.20. The van der Waals surface area contributed by atoms with Gasteiger partial charge in [-0.1, -0.05) is 29.0 Å². The zero-order valence-electron chi connectivity index (χ0n) is 16.1. The highest BCUT2D eigenvalue weighted by Crippen LogP contribution is 2.31. The van der Waals surface area contributed by atoms with Gasteiger partial charge >= 0.3 is 0 Å². The van der Waals surface area contributed by atoms with Gasteiger partial charge < -0.3 is 0 Å². The zero-order valence-corrected chi connectivity index (χ0v) is 18.6. The molecule has 1 aromatic heterocycles. The Bertz CT molecular complexity index is 1320. The van der Waals surface area contributed by atoms with Crippen LogP contribution in [0.5, 0.6) is 0 Å². The first-order chi connectivity index (χ1) is 13.9. The monoisotopic (exact) mass is 467 g/mol. The van der Waals surface area contributed by atoms with Crippen LogP contribution in [0, 0.1) is 30.9 Å². The van der Waals surface area contributed by atoms with E-state index >= 15 is 0 Å². The highest BCUT2D eigenvalue weighted by Gasteiger charge is 2.25. The average molecular weight is 468 g/mol. The van der Waals surface area contributed by atoms with Crippen LogP contribution in [0.3, 0.4) is 0 Å². The lowest BCUT2D eigenvalue weighted by atomic mass is 10.1. The minimum Gasteiger partial charge on any atom is -0.258 e. The Hall–Kier alpha value is -2.83. The molecule has 0 spiro atoms. The SMILES string of the molecule is Cc1cc(C)c(S(=O)(=O)Nc2ncc(S(=O)(=O)c3ccc([N+](=O)[O-])cc3)s2)c(C)c1. The summed E-state index contributed by atoms with van der Waals surface area (Å²) in [6.45, 7) is 5.22. The fourth-order valence-electron chi connectivity index (χ4n) is 3.05. The van der Waals surface area contributed by atoms with Crippen LogP contribution in [0.25, 0.3) is 0 Å². The molecule has 1 N–H and O–H groups in total. The summed E-state index contributed by atoms with van der Waals surface area (Å²) in [7, 11) is -7.98. The second-order valence-corrected chi connectivity index (χ2v) is 11.4. The van der Waals surface area contributed by atoms with Gasteiger partial charge in [0.2, 0.25) is 9.84 Å². The molecule has 0 bridgehead atoms. The van der Waals surface area contributed by atoms with Crippen LogP contribution in [-0.4, -0.2) is 26.7 Å². The van der Waals surface area contributed by atoms with Crippen LogP contribution in [-0.2, 0) is 19.9 Å². The van der Waals surface area contributed by atoms with E-state index in [-0.39, 0.29) is 24.8 Å². The van der Waals surface area contributed by atoms with Crippen molar-refractivity contribution in [1.29, 1.82) is 0 Å². The molecule has 158 valence electrons. The van der Waals surface area contributed by atoms with Crippen molar-refractivity contribution in [3.63, 3.8) is 0 Å². The first kappa shape index (κ1) is 21.9. The number of aromatic nitrogens is 1. The van der Waals surface area contributed by atoms with Crippen molar-refractivity contribution >= 4 is 42.0 Å². The number of aryl methyl sites for hydroxylation is 3. The number of sulfonamides is 1. The van der Waals surface area contributed by atoms with Gasteiger partial charge in [0.1, 0.15) is 4.21 Å². The molecule has 3 aromatic rings. The Labute approximate surface area is 177 Å². The molecule has 30 heavy (non-hydrogen) atoms. The van der Waals surface area contributed by atoms with E-state index in [1.807, 2.05) is 6.92 Å². The Morgan fingerprint density at radius 2 is 1.57 bits per heavy atom. The predicted octanol–water partition coefficient (Wildman–Crippen LogP) is 3.61. The van der Waals surface area contributed by atoms with E-state index in [1.54, 1.807) is 26.0 Å². The van der Waals surface area contributed by atoms with E-state index in [1.165, 1.54) is 0 Å². The van der Waals surface area contributed by atoms with Gasteiger partial charge in [0.25, 0.3) is 15.7 Å². The van der Waals surface area contributed by atoms with Crippen LogP contribution in [0.2, 0.25) is 0 Å². The number of non-ortho nitro benzene ring substituents is 1. The molecule has 0 aliphatic heterocycles. The number of hydrogen-bond donors (Lipinski definition) is 1. The van der Waals surface area contributed by atoms with Crippen LogP contribution in [0.1, 0.15) is 16.7 Å². The van der Waals surface area contributed by atoms with Crippen molar-refractivity contribution in [2.75, 3.05) is 4.72 Å². The Balaban J connectivity index is 1.92. The first-order valence-corrected chi connectivity index (χ1v) is 12.3. The van der Waals surface area contributed by atoms with E-state index in [2.05, 4.69) is 9.71 Å². The molecule has 12 heteroatoms. The van der Waals surface area contributed by atoms with E-state index in [0.717, 1.165) is 36.0 Å². The Morgan fingerprint density at radius 1 is 1.00 bits per heavy atom. The third-order valence-electron chi connectivity index (χ3n) is 4.20. The standard InChI is InChI=1S/C18H17N3O6S3/c1-11-8-12(2)17(13(3)9-11)30(26,27)20-18-19-10-16(28-18)29(24,25)15-6-4-14(5-7-15)21(22)23/h4-10H,1-3H3,(H,19,20). The average Bonchev–Trinajstić information content (AvgIpc) is 3.09. The molecule has 0 saturated heterocycles. The summed E-state index contributed by atoms with van der Waals surface area (Å²) in [6, 6.07) is 7.90. The number of nitrogens with zero attached hydrogens (tertiary/aromatic N) is 2. The number of nitro benzene ring substituents is 1. The number of sulfone groups is 1. The summed E-state index contributed by atoms with van der Waals surface area (Å²) >= 11 is 0.658. The lowest BCUT2D eigenvalue weighted by molar-refractivity contribution is -0.384. The summed E-state index contributed by atoms with van der Waals surface area (Å²) in [5.41, 5.74) is 1.82. The molecule has 0 fully saturated rings. The lowest BCUT2D eigenvalue weighted by Gasteiger charge is -2.12. The number of nitro groups is 1. The maximum absolute atomic E-state index is 12.8. The minimum absolute atomic E-state index is 0.102. The molecule has 0 radical (unpaired) electrons. The van der Waals surface area contributed by atoms with E-state index in [0.29, 0.717) is 22.5 Å². The largest absolute Gasteiger partial charge is 0.269 e. The molecular formula is C18H17N3O6S3. The van der Waals surface area contributed by atoms with Crippen molar-refractivity contribution in [2.45, 2.75) is 34.8 Å². The van der Waals surface area contributed by atoms with Crippen LogP contribution in [0.15, 0.2) is 56.6 Å². The second kappa shape index (κ2) is 7.78. The van der Waals surface area contributed by atoms with Crippen molar-refractivity contribution in [2.24, 2.45) is 0 Å². The summed E-state index contributed by atoms with van der Waals surface area (Å²) in [6.07, 6.45) is 1.05. The fraction of sp³-hybridized carbons (Fsp3) is 0.167. The van der Waals surface area contributed by atoms with Gasteiger partial charge in [0.05, 0.1) is 20.9 Å². The summed E-state index contributed by atoms with van der Waals surface area (Å²) in [5, 5.41) is 10.6. The van der Waals surface area contributed by atoms with Gasteiger partial charge in [0, 0.05) is 12.1 Å². The maximum Gasteiger partial charge on any atom is 0.269 e. The van der Waals surface area contributed by atoms with Crippen molar-refractivity contribution in [3.05, 3.63) is 69.4 Å². The number of benzene rings is 2. The molecule has 0 aliphatic carbocycles. The molecule has 0 atom stereocenters. The molecular weight excluding hydrogens is 450 g/mol. The fourth-order valence-corrected chi connectivity index (χ4v) is 7.18. The molecule has 2 aromatic carbocycles. The van der Waals surface area contributed by atoms with Crippen molar-refractivity contribution < 1.29 is 21.8 Å². The highest BCUT2D eigenvalue weighted by molar-refractivity contribution is 7.94. The second-order valence-electron chi connectivity index (χ2n) is 6.57. The van der Waals surface area contributed by atoms with Gasteiger partial charge in [-0.15, -0.1) is 0 Å². The number of anilines is 1. The molecule has 0 unspecified atom stereocenters. The normalized spacial score (nSPS) is 12.0. The predicted molar refractivity (Wildman–Crippen MR) is 112 cm³/mol. The Kier molecular flexibility index (Phi) is 5.67. The minimum atomic E-state index is -4.00. The molecule has 1 heterocycles. The maximum atomic E-state index is 12.8. The topological polar surface area (TPSA) is 136 Å². The summed E-state index contributed by atoms with van der Waals surface area (Å²) in [5.74, 6) is 0. The molecule has 0 amide bonds. The van der Waals surface area contributed by atoms with E-state index < -0.39 is 24.8 Å². The van der Waals surface area contributed by atoms with Gasteiger partial charge in [0.15, 0.2) is 5.13 Å². The number of hydrogen-bond acceptors (Lipinski definition) is 8. The Morgan fingerprint density at radius 3 is 2.10 bits per heavy atom. The van der Waals surface area contributed by atoms with E-state index in [9.17, 15) is 26.9 Å². The highest BCUT2D eigenvalue weighted by atomic mass is 32.2. The van der Waals surface area contributed by atoms with Gasteiger partial charge in [-0.25, -0.2) is 21.8 Å². The van der Waals surface area contributed by atoms with Gasteiger partial charge in [-0.05, 0) is 44.0 Å². The van der Waals surface area contributed by atoms with Crippen LogP contribution in [0.4, 0.5) is 10.8 Å². The summed E-state index contributed by atoms with van der Waals surface area (Å²) < 4.78 is 53.3. The molecule has 3 rings (SSSR count). The lowest BCUT2D eigenvalue weighted by Crippen LogP contribution is -2.15. The number of rotatable bonds is 6. The summed E-state index contributed by atoms with van der Waals surface area (Å²) in [4.78, 5) is 13.9. The van der Waals surface area contributed by atoms with Crippen molar-refractivity contribution in [1.82, 2.24) is 4.98 Å². The third-order valence-corrected chi connectivity index (χ3v) is 9.12. The number of thiazole rings is 1. The smallest absolute Gasteiger partial charge is 0.258 e. The van der Waals surface area contributed by atoms with Gasteiger partial charge in [-0.3, -0.25) is 14.8 Å². The molecule has 0 saturated carbocycles. The van der Waals surface area contributed by atoms with Gasteiger partial charge in [-0.2, -0.15) is 0 Å². The first-order valence-electron chi connectivity index (χ1n) is 8.48. The van der Waals surface area contributed by atoms with E-state index in [4.69, 9.17) is 0 Å². The quantitative estimate of drug-likeness (QED) is 0.432. The van der Waals surface area contributed by atoms with Crippen LogP contribution >= 0.6 is 11.3 Å². The zero-order chi connectivity index (χ0) is 22.3. The number of nitrogens with one attached hydrogen (secondary N) is 1. The van der Waals surface area contributed by atoms with Crippen LogP contribution < -0.4 is 4.72 Å². The van der Waals surface area contributed by atoms with Crippen molar-refractivity contribution in [3.8, 4) is 0 Å². The molecule has 0 aliphatic rings. The molecule has 9 nitrogen and oxygen atoms in total.